The number of aromatic nitrogens is 1. The van der Waals surface area contributed by atoms with Crippen LogP contribution in [0, 0.1) is 0 Å². The number of nitrogens with one attached hydrogen (secondary N) is 1. The van der Waals surface area contributed by atoms with Crippen molar-refractivity contribution >= 4 is 29.0 Å². The van der Waals surface area contributed by atoms with Gasteiger partial charge in [-0.3, -0.25) is 9.59 Å². The summed E-state index contributed by atoms with van der Waals surface area (Å²) in [6.07, 6.45) is 0.366. The lowest BCUT2D eigenvalue weighted by Crippen LogP contribution is -2.22. The van der Waals surface area contributed by atoms with Crippen LogP contribution >= 0.6 is 11.5 Å². The lowest BCUT2D eigenvalue weighted by atomic mass is 9.89. The van der Waals surface area contributed by atoms with Crippen molar-refractivity contribution in [1.29, 1.82) is 0 Å². The van der Waals surface area contributed by atoms with E-state index < -0.39 is 5.91 Å². The summed E-state index contributed by atoms with van der Waals surface area (Å²) in [5.41, 5.74) is 8.66. The van der Waals surface area contributed by atoms with Gasteiger partial charge in [0, 0.05) is 17.9 Å². The molecule has 0 aliphatic carbocycles. The molecule has 1 unspecified atom stereocenters. The molecule has 1 aliphatic rings. The summed E-state index contributed by atoms with van der Waals surface area (Å²) < 4.78 is 9.89. The molecular weight excluding hydrogens is 362 g/mol. The number of carbonyl (C=O) groups excluding carboxylic acids is 2. The van der Waals surface area contributed by atoms with Gasteiger partial charge in [-0.25, -0.2) is 0 Å². The Bertz CT molecular complexity index is 983. The van der Waals surface area contributed by atoms with E-state index in [-0.39, 0.29) is 18.4 Å². The molecule has 3 aromatic rings. The number of rotatable bonds is 5. The maximum Gasteiger partial charge on any atom is 0.255 e. The predicted molar refractivity (Wildman–Crippen MR) is 104 cm³/mol. The second-order valence-electron chi connectivity index (χ2n) is 6.27. The molecule has 0 saturated carbocycles. The highest BCUT2D eigenvalue weighted by molar-refractivity contribution is 7.07. The molecule has 0 fully saturated rings. The topological polar surface area (TPSA) is 94.3 Å². The second kappa shape index (κ2) is 7.20. The molecule has 1 aromatic heterocycles. The zero-order valence-corrected chi connectivity index (χ0v) is 15.2. The molecule has 0 saturated heterocycles. The molecule has 3 N–H and O–H groups in total. The molecule has 1 atom stereocenters. The maximum absolute atomic E-state index is 12.3. The van der Waals surface area contributed by atoms with Crippen molar-refractivity contribution in [2.75, 3.05) is 11.9 Å². The number of hydrogen-bond donors (Lipinski definition) is 2. The van der Waals surface area contributed by atoms with Crippen LogP contribution in [0.15, 0.2) is 54.6 Å². The molecule has 0 radical (unpaired) electrons. The molecule has 0 bridgehead atoms. The third kappa shape index (κ3) is 3.54. The van der Waals surface area contributed by atoms with Gasteiger partial charge < -0.3 is 15.8 Å². The first-order chi connectivity index (χ1) is 13.1. The minimum atomic E-state index is -0.522. The first-order valence-corrected chi connectivity index (χ1v) is 9.25. The van der Waals surface area contributed by atoms with Gasteiger partial charge in [0.25, 0.3) is 5.91 Å². The van der Waals surface area contributed by atoms with Crippen LogP contribution in [0.3, 0.4) is 0 Å². The van der Waals surface area contributed by atoms with Gasteiger partial charge in [0.05, 0.1) is 10.6 Å². The molecule has 136 valence electrons. The van der Waals surface area contributed by atoms with Crippen molar-refractivity contribution in [2.24, 2.45) is 5.73 Å². The first-order valence-electron chi connectivity index (χ1n) is 8.47. The number of fused-ring (bicyclic) bond motifs is 1. The Hall–Kier alpha value is -3.19. The molecular formula is C20H17N3O3S. The van der Waals surface area contributed by atoms with Gasteiger partial charge in [-0.1, -0.05) is 42.5 Å². The Morgan fingerprint density at radius 3 is 2.63 bits per heavy atom. The fraction of sp³-hybridized carbons (Fsp3) is 0.150. The fourth-order valence-electron chi connectivity index (χ4n) is 3.14. The van der Waals surface area contributed by atoms with Crippen molar-refractivity contribution in [3.05, 3.63) is 65.0 Å². The van der Waals surface area contributed by atoms with Gasteiger partial charge in [-0.2, -0.15) is 4.37 Å². The van der Waals surface area contributed by atoms with Crippen LogP contribution in [0.1, 0.15) is 22.8 Å². The standard InChI is InChI=1S/C20H17N3O3S/c21-16(24)11-26-14-8-6-12(7-9-14)15-10-17(25)22-19-18(23-27-20(15)19)13-4-2-1-3-5-13/h1-9,15H,10-11H2,(H2,21,24)(H,22,25). The van der Waals surface area contributed by atoms with E-state index in [1.807, 2.05) is 42.5 Å². The number of ether oxygens (including phenoxy) is 1. The summed E-state index contributed by atoms with van der Waals surface area (Å²) in [6.45, 7) is -0.162. The van der Waals surface area contributed by atoms with Gasteiger partial charge in [0.1, 0.15) is 11.4 Å². The summed E-state index contributed by atoms with van der Waals surface area (Å²) in [4.78, 5) is 24.2. The summed E-state index contributed by atoms with van der Waals surface area (Å²) in [5, 5.41) is 2.98. The van der Waals surface area contributed by atoms with Crippen LogP contribution in [0.5, 0.6) is 5.75 Å². The van der Waals surface area contributed by atoms with Crippen LogP contribution in [0.25, 0.3) is 11.3 Å². The Labute approximate surface area is 160 Å². The van der Waals surface area contributed by atoms with Crippen LogP contribution < -0.4 is 15.8 Å². The molecule has 7 heteroatoms. The molecule has 2 aromatic carbocycles. The van der Waals surface area contributed by atoms with Gasteiger partial charge in [-0.15, -0.1) is 0 Å². The highest BCUT2D eigenvalue weighted by Gasteiger charge is 2.31. The lowest BCUT2D eigenvalue weighted by molar-refractivity contribution is -0.120. The van der Waals surface area contributed by atoms with E-state index in [0.29, 0.717) is 12.2 Å². The molecule has 4 rings (SSSR count). The van der Waals surface area contributed by atoms with Crippen LogP contribution in [-0.4, -0.2) is 22.8 Å². The minimum Gasteiger partial charge on any atom is -0.484 e. The number of benzene rings is 2. The smallest absolute Gasteiger partial charge is 0.255 e. The van der Waals surface area contributed by atoms with E-state index in [9.17, 15) is 9.59 Å². The minimum absolute atomic E-state index is 0.0288. The molecule has 1 aliphatic heterocycles. The van der Waals surface area contributed by atoms with E-state index in [2.05, 4.69) is 9.69 Å². The third-order valence-electron chi connectivity index (χ3n) is 4.40. The normalized spacial score (nSPS) is 15.7. The highest BCUT2D eigenvalue weighted by atomic mass is 32.1. The van der Waals surface area contributed by atoms with Crippen molar-refractivity contribution < 1.29 is 14.3 Å². The Balaban J connectivity index is 1.65. The number of carbonyl (C=O) groups is 2. The number of nitrogens with zero attached hydrogens (tertiary/aromatic N) is 1. The van der Waals surface area contributed by atoms with Crippen molar-refractivity contribution in [3.63, 3.8) is 0 Å². The van der Waals surface area contributed by atoms with Crippen molar-refractivity contribution in [3.8, 4) is 17.0 Å². The number of primary amides is 1. The summed E-state index contributed by atoms with van der Waals surface area (Å²) in [5.74, 6) is -0.0501. The molecule has 27 heavy (non-hydrogen) atoms. The first kappa shape index (κ1) is 17.2. The van der Waals surface area contributed by atoms with E-state index in [4.69, 9.17) is 10.5 Å². The zero-order valence-electron chi connectivity index (χ0n) is 14.3. The quantitative estimate of drug-likeness (QED) is 0.712. The molecule has 2 heterocycles. The van der Waals surface area contributed by atoms with E-state index in [0.717, 1.165) is 27.4 Å². The molecule has 2 amide bonds. The monoisotopic (exact) mass is 379 g/mol. The van der Waals surface area contributed by atoms with Crippen LogP contribution in [-0.2, 0) is 9.59 Å². The van der Waals surface area contributed by atoms with Crippen molar-refractivity contribution in [1.82, 2.24) is 4.37 Å². The number of nitrogens with two attached hydrogens (primary N) is 1. The van der Waals surface area contributed by atoms with E-state index in [1.54, 1.807) is 12.1 Å². The Morgan fingerprint density at radius 1 is 1.19 bits per heavy atom. The number of anilines is 1. The number of hydrogen-bond acceptors (Lipinski definition) is 5. The maximum atomic E-state index is 12.3. The van der Waals surface area contributed by atoms with Crippen LogP contribution in [0.2, 0.25) is 0 Å². The second-order valence-corrected chi connectivity index (χ2v) is 7.07. The highest BCUT2D eigenvalue weighted by Crippen LogP contribution is 2.44. The van der Waals surface area contributed by atoms with E-state index >= 15 is 0 Å². The largest absolute Gasteiger partial charge is 0.484 e. The van der Waals surface area contributed by atoms with E-state index in [1.165, 1.54) is 11.5 Å². The van der Waals surface area contributed by atoms with Gasteiger partial charge in [0.2, 0.25) is 5.91 Å². The molecule has 0 spiro atoms. The fourth-order valence-corrected chi connectivity index (χ4v) is 4.12. The van der Waals surface area contributed by atoms with Crippen LogP contribution in [0.4, 0.5) is 5.69 Å². The Kier molecular flexibility index (Phi) is 4.60. The third-order valence-corrected chi connectivity index (χ3v) is 5.36. The summed E-state index contributed by atoms with van der Waals surface area (Å²) in [6, 6.07) is 17.2. The summed E-state index contributed by atoms with van der Waals surface area (Å²) in [7, 11) is 0. The lowest BCUT2D eigenvalue weighted by Gasteiger charge is -2.23. The van der Waals surface area contributed by atoms with Gasteiger partial charge in [-0.05, 0) is 29.2 Å². The predicted octanol–water partition coefficient (Wildman–Crippen LogP) is 3.15. The van der Waals surface area contributed by atoms with Gasteiger partial charge in [0.15, 0.2) is 6.61 Å². The van der Waals surface area contributed by atoms with Gasteiger partial charge >= 0.3 is 0 Å². The zero-order chi connectivity index (χ0) is 18.8. The van der Waals surface area contributed by atoms with Crippen molar-refractivity contribution in [2.45, 2.75) is 12.3 Å². The average Bonchev–Trinajstić information content (AvgIpc) is 3.10. The average molecular weight is 379 g/mol. The Morgan fingerprint density at radius 2 is 1.93 bits per heavy atom. The molecule has 6 nitrogen and oxygen atoms in total. The summed E-state index contributed by atoms with van der Waals surface area (Å²) >= 11 is 1.41. The number of amides is 2. The SMILES string of the molecule is NC(=O)COc1ccc(C2CC(=O)Nc3c(-c4ccccc4)nsc32)cc1.